The van der Waals surface area contributed by atoms with Gasteiger partial charge in [0, 0.05) is 6.42 Å². The fraction of sp³-hybridized carbons (Fsp3) is 0.750. The van der Waals surface area contributed by atoms with Crippen LogP contribution < -0.4 is 5.14 Å². The Bertz CT molecular complexity index is 64.7. The van der Waals surface area contributed by atoms with E-state index in [1.54, 1.807) is 0 Å². The third-order valence-corrected chi connectivity index (χ3v) is 1.05. The van der Waals surface area contributed by atoms with Crippen LogP contribution >= 0.6 is 11.9 Å². The van der Waals surface area contributed by atoms with Gasteiger partial charge in [-0.2, -0.15) is 0 Å². The first-order chi connectivity index (χ1) is 3.31. The van der Waals surface area contributed by atoms with Gasteiger partial charge in [-0.1, -0.05) is 6.92 Å². The van der Waals surface area contributed by atoms with Crippen LogP contribution in [0.15, 0.2) is 0 Å². The van der Waals surface area contributed by atoms with Crippen molar-refractivity contribution < 1.29 is 4.79 Å². The lowest BCUT2D eigenvalue weighted by molar-refractivity contribution is -0.111. The number of carbonyl (C=O) groups excluding carboxylic acids is 1. The lowest BCUT2D eigenvalue weighted by atomic mass is 10.4. The summed E-state index contributed by atoms with van der Waals surface area (Å²) in [7, 11) is 0. The van der Waals surface area contributed by atoms with E-state index in [9.17, 15) is 4.79 Å². The minimum absolute atomic E-state index is 0.0718. The van der Waals surface area contributed by atoms with Crippen molar-refractivity contribution in [3.05, 3.63) is 0 Å². The topological polar surface area (TPSA) is 43.1 Å². The minimum Gasteiger partial charge on any atom is -0.286 e. The van der Waals surface area contributed by atoms with Crippen LogP contribution in [0.2, 0.25) is 0 Å². The Morgan fingerprint density at radius 3 is 2.57 bits per heavy atom. The maximum Gasteiger partial charge on any atom is 0.203 e. The van der Waals surface area contributed by atoms with Gasteiger partial charge in [-0.15, -0.1) is 0 Å². The molecule has 2 N–H and O–H groups in total. The van der Waals surface area contributed by atoms with Gasteiger partial charge in [-0.25, -0.2) is 0 Å². The van der Waals surface area contributed by atoms with Crippen LogP contribution in [0.5, 0.6) is 0 Å². The molecule has 0 aliphatic heterocycles. The molecular weight excluding hydrogens is 110 g/mol. The molecule has 0 radical (unpaired) electrons. The zero-order valence-corrected chi connectivity index (χ0v) is 5.12. The predicted molar refractivity (Wildman–Crippen MR) is 31.7 cm³/mol. The van der Waals surface area contributed by atoms with Crippen molar-refractivity contribution in [3.63, 3.8) is 0 Å². The predicted octanol–water partition coefficient (Wildman–Crippen LogP) is 0.920. The maximum absolute atomic E-state index is 10.2. The fourth-order valence-corrected chi connectivity index (χ4v) is 0.585. The third-order valence-electron chi connectivity index (χ3n) is 0.586. The standard InChI is InChI=1S/C4H9NOS/c1-2-3-4(6)7-5/h2-3,5H2,1H3. The molecule has 0 aliphatic carbocycles. The van der Waals surface area contributed by atoms with Crippen LogP contribution in [0, 0.1) is 0 Å². The maximum atomic E-state index is 10.2. The smallest absolute Gasteiger partial charge is 0.203 e. The molecule has 0 fully saturated rings. The molecular formula is C4H9NOS. The van der Waals surface area contributed by atoms with Crippen LogP contribution in [-0.4, -0.2) is 5.12 Å². The molecule has 0 unspecified atom stereocenters. The molecule has 0 aromatic rings. The number of hydrogen-bond donors (Lipinski definition) is 1. The molecule has 0 aromatic heterocycles. The molecule has 0 bridgehead atoms. The van der Waals surface area contributed by atoms with Crippen molar-refractivity contribution in [1.82, 2.24) is 0 Å². The Hall–Kier alpha value is -0.0200. The summed E-state index contributed by atoms with van der Waals surface area (Å²) in [4.78, 5) is 10.2. The summed E-state index contributed by atoms with van der Waals surface area (Å²) in [5.74, 6) is 0. The molecule has 0 atom stereocenters. The Balaban J connectivity index is 3.00. The first-order valence-electron chi connectivity index (χ1n) is 2.20. The van der Waals surface area contributed by atoms with Crippen LogP contribution in [0.25, 0.3) is 0 Å². The molecule has 0 saturated carbocycles. The van der Waals surface area contributed by atoms with E-state index in [0.717, 1.165) is 18.4 Å². The molecule has 3 heteroatoms. The summed E-state index contributed by atoms with van der Waals surface area (Å²) in [6.07, 6.45) is 1.49. The molecule has 0 aliphatic rings. The lowest BCUT2D eigenvalue weighted by Crippen LogP contribution is -1.93. The van der Waals surface area contributed by atoms with E-state index < -0.39 is 0 Å². The Kier molecular flexibility index (Phi) is 4.14. The molecule has 0 amide bonds. The van der Waals surface area contributed by atoms with Gasteiger partial charge in [-0.05, 0) is 18.4 Å². The third kappa shape index (κ3) is 3.82. The van der Waals surface area contributed by atoms with Gasteiger partial charge in [-0.3, -0.25) is 9.93 Å². The van der Waals surface area contributed by atoms with Gasteiger partial charge in [0.15, 0.2) is 0 Å². The monoisotopic (exact) mass is 119 g/mol. The van der Waals surface area contributed by atoms with Gasteiger partial charge in [0.05, 0.1) is 0 Å². The summed E-state index contributed by atoms with van der Waals surface area (Å²) < 4.78 is 0. The average Bonchev–Trinajstić information content (AvgIpc) is 1.68. The Labute approximate surface area is 47.6 Å². The van der Waals surface area contributed by atoms with Crippen molar-refractivity contribution in [2.75, 3.05) is 0 Å². The van der Waals surface area contributed by atoms with E-state index in [1.165, 1.54) is 0 Å². The Morgan fingerprint density at radius 1 is 1.86 bits per heavy atom. The molecule has 0 aromatic carbocycles. The summed E-state index contributed by atoms with van der Waals surface area (Å²) in [6, 6.07) is 0. The second-order valence-electron chi connectivity index (χ2n) is 1.24. The highest BCUT2D eigenvalue weighted by atomic mass is 32.2. The summed E-state index contributed by atoms with van der Waals surface area (Å²) in [6.45, 7) is 1.95. The summed E-state index contributed by atoms with van der Waals surface area (Å²) in [5, 5.41) is 5.00. The van der Waals surface area contributed by atoms with Crippen molar-refractivity contribution in [2.24, 2.45) is 5.14 Å². The quantitative estimate of drug-likeness (QED) is 0.550. The largest absolute Gasteiger partial charge is 0.286 e. The number of rotatable bonds is 2. The lowest BCUT2D eigenvalue weighted by Gasteiger charge is -1.86. The van der Waals surface area contributed by atoms with Crippen LogP contribution in [0.3, 0.4) is 0 Å². The molecule has 0 spiro atoms. The second-order valence-corrected chi connectivity index (χ2v) is 1.93. The normalized spacial score (nSPS) is 8.86. The first-order valence-corrected chi connectivity index (χ1v) is 3.08. The molecule has 0 rings (SSSR count). The summed E-state index contributed by atoms with van der Waals surface area (Å²) in [5.41, 5.74) is 0. The van der Waals surface area contributed by atoms with Crippen LogP contribution in [0.4, 0.5) is 0 Å². The van der Waals surface area contributed by atoms with Gasteiger partial charge >= 0.3 is 0 Å². The molecule has 7 heavy (non-hydrogen) atoms. The molecule has 0 saturated heterocycles. The van der Waals surface area contributed by atoms with Crippen molar-refractivity contribution in [2.45, 2.75) is 19.8 Å². The highest BCUT2D eigenvalue weighted by Crippen LogP contribution is 1.96. The zero-order valence-electron chi connectivity index (χ0n) is 4.31. The van der Waals surface area contributed by atoms with Crippen molar-refractivity contribution >= 4 is 17.1 Å². The average molecular weight is 119 g/mol. The highest BCUT2D eigenvalue weighted by Gasteiger charge is 1.93. The first kappa shape index (κ1) is 6.98. The molecule has 0 heterocycles. The molecule has 42 valence electrons. The van der Waals surface area contributed by atoms with Gasteiger partial charge in [0.2, 0.25) is 5.12 Å². The summed E-state index contributed by atoms with van der Waals surface area (Å²) >= 11 is 0.810. The van der Waals surface area contributed by atoms with Gasteiger partial charge in [0.25, 0.3) is 0 Å². The molecule has 2 nitrogen and oxygen atoms in total. The van der Waals surface area contributed by atoms with Crippen LogP contribution in [-0.2, 0) is 4.79 Å². The SMILES string of the molecule is CCCC(=O)SN. The number of nitrogens with two attached hydrogens (primary N) is 1. The van der Waals surface area contributed by atoms with E-state index in [2.05, 4.69) is 0 Å². The number of carbonyl (C=O) groups is 1. The van der Waals surface area contributed by atoms with E-state index in [4.69, 9.17) is 5.14 Å². The number of hydrogen-bond acceptors (Lipinski definition) is 3. The zero-order chi connectivity index (χ0) is 5.70. The fourth-order valence-electron chi connectivity index (χ4n) is 0.263. The second kappa shape index (κ2) is 4.15. The highest BCUT2D eigenvalue weighted by molar-refractivity contribution is 8.11. The van der Waals surface area contributed by atoms with Gasteiger partial charge in [0.1, 0.15) is 0 Å². The van der Waals surface area contributed by atoms with Crippen LogP contribution in [0.1, 0.15) is 19.8 Å². The van der Waals surface area contributed by atoms with E-state index in [0.29, 0.717) is 6.42 Å². The minimum atomic E-state index is 0.0718. The van der Waals surface area contributed by atoms with E-state index in [-0.39, 0.29) is 5.12 Å². The van der Waals surface area contributed by atoms with E-state index >= 15 is 0 Å². The van der Waals surface area contributed by atoms with Crippen molar-refractivity contribution in [3.8, 4) is 0 Å². The van der Waals surface area contributed by atoms with Crippen molar-refractivity contribution in [1.29, 1.82) is 0 Å². The Morgan fingerprint density at radius 2 is 2.43 bits per heavy atom. The van der Waals surface area contributed by atoms with Gasteiger partial charge < -0.3 is 0 Å². The van der Waals surface area contributed by atoms with E-state index in [1.807, 2.05) is 6.92 Å².